The van der Waals surface area contributed by atoms with E-state index in [9.17, 15) is 9.59 Å². The summed E-state index contributed by atoms with van der Waals surface area (Å²) in [4.78, 5) is 30.3. The number of halogens is 2. The first-order chi connectivity index (χ1) is 16.5. The van der Waals surface area contributed by atoms with Crippen LogP contribution in [0.3, 0.4) is 0 Å². The highest BCUT2D eigenvalue weighted by Crippen LogP contribution is 2.23. The molecule has 0 unspecified atom stereocenters. The van der Waals surface area contributed by atoms with Crippen LogP contribution < -0.4 is 15.7 Å². The van der Waals surface area contributed by atoms with Gasteiger partial charge in [0, 0.05) is 10.6 Å². The molecule has 0 aliphatic heterocycles. The number of fused-ring (bicyclic) bond motifs is 1. The van der Waals surface area contributed by atoms with Gasteiger partial charge in [0.15, 0.2) is 5.16 Å². The Morgan fingerprint density at radius 2 is 1.91 bits per heavy atom. The number of para-hydroxylation sites is 1. The molecule has 7 nitrogen and oxygen atoms in total. The van der Waals surface area contributed by atoms with Crippen molar-refractivity contribution < 1.29 is 9.53 Å². The zero-order valence-corrected chi connectivity index (χ0v) is 20.2. The van der Waals surface area contributed by atoms with E-state index in [2.05, 4.69) is 15.5 Å². The number of rotatable bonds is 7. The van der Waals surface area contributed by atoms with Gasteiger partial charge in [0.05, 0.1) is 40.7 Å². The van der Waals surface area contributed by atoms with E-state index in [1.54, 1.807) is 67.8 Å². The summed E-state index contributed by atoms with van der Waals surface area (Å²) in [6, 6.07) is 19.1. The molecule has 34 heavy (non-hydrogen) atoms. The molecule has 1 heterocycles. The minimum absolute atomic E-state index is 0.00732. The molecule has 0 saturated heterocycles. The average molecular weight is 513 g/mol. The van der Waals surface area contributed by atoms with Crippen LogP contribution in [-0.4, -0.2) is 34.5 Å². The number of nitrogens with one attached hydrogen (secondary N) is 1. The second-order valence-electron chi connectivity index (χ2n) is 7.00. The highest BCUT2D eigenvalue weighted by molar-refractivity contribution is 7.99. The number of carbonyl (C=O) groups is 1. The molecule has 0 fully saturated rings. The van der Waals surface area contributed by atoms with Gasteiger partial charge < -0.3 is 4.74 Å². The lowest BCUT2D eigenvalue weighted by molar-refractivity contribution is -0.118. The van der Waals surface area contributed by atoms with Crippen molar-refractivity contribution in [3.05, 3.63) is 92.7 Å². The van der Waals surface area contributed by atoms with E-state index in [4.69, 9.17) is 27.9 Å². The molecule has 0 atom stereocenters. The van der Waals surface area contributed by atoms with Gasteiger partial charge in [0.25, 0.3) is 11.5 Å². The van der Waals surface area contributed by atoms with Crippen LogP contribution in [0.15, 0.2) is 81.8 Å². The van der Waals surface area contributed by atoms with E-state index < -0.39 is 0 Å². The van der Waals surface area contributed by atoms with Gasteiger partial charge in [-0.2, -0.15) is 5.10 Å². The van der Waals surface area contributed by atoms with Crippen molar-refractivity contribution in [1.82, 2.24) is 15.0 Å². The van der Waals surface area contributed by atoms with E-state index in [1.807, 2.05) is 6.07 Å². The van der Waals surface area contributed by atoms with Crippen molar-refractivity contribution in [2.75, 3.05) is 12.9 Å². The predicted octanol–water partition coefficient (Wildman–Crippen LogP) is 4.94. The van der Waals surface area contributed by atoms with Crippen molar-refractivity contribution in [1.29, 1.82) is 0 Å². The van der Waals surface area contributed by atoms with Gasteiger partial charge in [-0.25, -0.2) is 10.4 Å². The standard InChI is InChI=1S/C24H18Cl2N4O3S/c1-33-18-10-8-17(9-11-18)30-23(32)19-4-2-3-5-21(19)28-24(30)34-14-22(31)29-27-13-15-6-7-16(25)12-20(15)26/h2-13H,14H2,1H3,(H,29,31)/b27-13+. The van der Waals surface area contributed by atoms with Crippen molar-refractivity contribution in [2.24, 2.45) is 5.10 Å². The van der Waals surface area contributed by atoms with Crippen LogP contribution in [0, 0.1) is 0 Å². The Labute approximate surface area is 209 Å². The second-order valence-corrected chi connectivity index (χ2v) is 8.78. The molecule has 0 aliphatic carbocycles. The topological polar surface area (TPSA) is 85.6 Å². The summed E-state index contributed by atoms with van der Waals surface area (Å²) in [7, 11) is 1.57. The number of methoxy groups -OCH3 is 1. The zero-order valence-electron chi connectivity index (χ0n) is 17.9. The molecule has 0 radical (unpaired) electrons. The van der Waals surface area contributed by atoms with E-state index in [0.717, 1.165) is 11.8 Å². The number of thioether (sulfide) groups is 1. The van der Waals surface area contributed by atoms with Gasteiger partial charge in [-0.1, -0.05) is 53.2 Å². The van der Waals surface area contributed by atoms with Crippen LogP contribution >= 0.6 is 35.0 Å². The summed E-state index contributed by atoms with van der Waals surface area (Å²) >= 11 is 13.1. The quantitative estimate of drug-likeness (QED) is 0.164. The van der Waals surface area contributed by atoms with Gasteiger partial charge in [0.1, 0.15) is 5.75 Å². The van der Waals surface area contributed by atoms with Crippen molar-refractivity contribution in [3.8, 4) is 11.4 Å². The van der Waals surface area contributed by atoms with E-state index in [1.165, 1.54) is 10.8 Å². The highest BCUT2D eigenvalue weighted by Gasteiger charge is 2.15. The Hall–Kier alpha value is -3.33. The number of nitrogens with zero attached hydrogens (tertiary/aromatic N) is 3. The molecular weight excluding hydrogens is 495 g/mol. The first-order valence-electron chi connectivity index (χ1n) is 10.0. The maximum absolute atomic E-state index is 13.3. The third kappa shape index (κ3) is 5.41. The summed E-state index contributed by atoms with van der Waals surface area (Å²) in [5, 5.41) is 5.74. The molecule has 0 saturated carbocycles. The van der Waals surface area contributed by atoms with E-state index in [0.29, 0.717) is 43.1 Å². The summed E-state index contributed by atoms with van der Waals surface area (Å²) in [5.74, 6) is 0.292. The Balaban J connectivity index is 1.56. The lowest BCUT2D eigenvalue weighted by Gasteiger charge is -2.13. The SMILES string of the molecule is COc1ccc(-n2c(SCC(=O)N/N=C/c3ccc(Cl)cc3Cl)nc3ccccc3c2=O)cc1. The fraction of sp³-hybridized carbons (Fsp3) is 0.0833. The summed E-state index contributed by atoms with van der Waals surface area (Å²) in [6.07, 6.45) is 1.43. The first kappa shape index (κ1) is 23.8. The summed E-state index contributed by atoms with van der Waals surface area (Å²) < 4.78 is 6.69. The summed E-state index contributed by atoms with van der Waals surface area (Å²) in [5.41, 5.74) is 4.01. The molecule has 0 bridgehead atoms. The fourth-order valence-corrected chi connectivity index (χ4v) is 4.37. The lowest BCUT2D eigenvalue weighted by atomic mass is 10.2. The molecule has 4 aromatic rings. The molecule has 0 spiro atoms. The number of ether oxygens (including phenoxy) is 1. The van der Waals surface area contributed by atoms with Gasteiger partial charge in [-0.15, -0.1) is 0 Å². The van der Waals surface area contributed by atoms with Crippen LogP contribution in [0.5, 0.6) is 5.75 Å². The molecule has 1 amide bonds. The van der Waals surface area contributed by atoms with Gasteiger partial charge in [-0.05, 0) is 48.5 Å². The highest BCUT2D eigenvalue weighted by atomic mass is 35.5. The number of hydrogen-bond acceptors (Lipinski definition) is 6. The molecule has 3 aromatic carbocycles. The molecule has 0 aliphatic rings. The first-order valence-corrected chi connectivity index (χ1v) is 11.8. The Kier molecular flexibility index (Phi) is 7.52. The number of benzene rings is 3. The van der Waals surface area contributed by atoms with Crippen LogP contribution in [0.4, 0.5) is 0 Å². The minimum atomic E-state index is -0.366. The molecule has 1 aromatic heterocycles. The Bertz CT molecular complexity index is 1440. The van der Waals surface area contributed by atoms with Crippen molar-refractivity contribution in [2.45, 2.75) is 5.16 Å². The smallest absolute Gasteiger partial charge is 0.266 e. The Morgan fingerprint density at radius 1 is 1.15 bits per heavy atom. The average Bonchev–Trinajstić information content (AvgIpc) is 2.84. The van der Waals surface area contributed by atoms with Crippen molar-refractivity contribution >= 4 is 58.0 Å². The van der Waals surface area contributed by atoms with Crippen LogP contribution in [-0.2, 0) is 4.79 Å². The van der Waals surface area contributed by atoms with Crippen LogP contribution in [0.2, 0.25) is 10.0 Å². The number of amides is 1. The fourth-order valence-electron chi connectivity index (χ4n) is 3.11. The van der Waals surface area contributed by atoms with E-state index in [-0.39, 0.29) is 17.2 Å². The number of hydrogen-bond donors (Lipinski definition) is 1. The summed E-state index contributed by atoms with van der Waals surface area (Å²) in [6.45, 7) is 0. The number of carbonyl (C=O) groups excluding carboxylic acids is 1. The molecule has 10 heteroatoms. The Morgan fingerprint density at radius 3 is 2.65 bits per heavy atom. The monoisotopic (exact) mass is 512 g/mol. The third-order valence-corrected chi connectivity index (χ3v) is 6.26. The maximum Gasteiger partial charge on any atom is 0.266 e. The minimum Gasteiger partial charge on any atom is -0.497 e. The normalized spacial score (nSPS) is 11.1. The molecule has 4 rings (SSSR count). The predicted molar refractivity (Wildman–Crippen MR) is 137 cm³/mol. The molecular formula is C24H18Cl2N4O3S. The maximum atomic E-state index is 13.3. The van der Waals surface area contributed by atoms with Gasteiger partial charge in [0.2, 0.25) is 0 Å². The van der Waals surface area contributed by atoms with Crippen molar-refractivity contribution in [3.63, 3.8) is 0 Å². The second kappa shape index (κ2) is 10.7. The van der Waals surface area contributed by atoms with Crippen LogP contribution in [0.1, 0.15) is 5.56 Å². The molecule has 1 N–H and O–H groups in total. The number of hydrazone groups is 1. The van der Waals surface area contributed by atoms with Crippen LogP contribution in [0.25, 0.3) is 16.6 Å². The van der Waals surface area contributed by atoms with Gasteiger partial charge >= 0.3 is 0 Å². The van der Waals surface area contributed by atoms with Gasteiger partial charge in [-0.3, -0.25) is 14.2 Å². The van der Waals surface area contributed by atoms with E-state index >= 15 is 0 Å². The lowest BCUT2D eigenvalue weighted by Crippen LogP contribution is -2.24. The number of aromatic nitrogens is 2. The largest absolute Gasteiger partial charge is 0.497 e. The molecule has 172 valence electrons. The zero-order chi connectivity index (χ0) is 24.1. The third-order valence-electron chi connectivity index (χ3n) is 4.76.